The number of nitro benzene ring substituents is 1. The van der Waals surface area contributed by atoms with Gasteiger partial charge in [0.25, 0.3) is 11.6 Å². The molecule has 2 aromatic carbocycles. The molecule has 120 valence electrons. The highest BCUT2D eigenvalue weighted by Gasteiger charge is 2.13. The minimum Gasteiger partial charge on any atom is -0.478 e. The van der Waals surface area contributed by atoms with Crippen molar-refractivity contribution in [3.05, 3.63) is 63.7 Å². The summed E-state index contributed by atoms with van der Waals surface area (Å²) in [6.45, 7) is 0. The number of carboxylic acids is 1. The van der Waals surface area contributed by atoms with Gasteiger partial charge >= 0.3 is 5.97 Å². The maximum atomic E-state index is 12.1. The zero-order valence-electron chi connectivity index (χ0n) is 11.9. The lowest BCUT2D eigenvalue weighted by molar-refractivity contribution is -0.384. The number of fused-ring (bicyclic) bond motifs is 1. The molecule has 3 aromatic rings. The number of carbonyl (C=O) groups is 2. The molecule has 0 aliphatic heterocycles. The smallest absolute Gasteiger partial charge is 0.335 e. The summed E-state index contributed by atoms with van der Waals surface area (Å²) in [4.78, 5) is 37.4. The quantitative estimate of drug-likeness (QED) is 0.554. The Hall–Kier alpha value is -3.33. The second-order valence-electron chi connectivity index (χ2n) is 4.76. The summed E-state index contributed by atoms with van der Waals surface area (Å²) in [7, 11) is 0. The van der Waals surface area contributed by atoms with Crippen LogP contribution in [-0.4, -0.2) is 26.9 Å². The topological polar surface area (TPSA) is 122 Å². The molecule has 0 aliphatic carbocycles. The number of benzene rings is 2. The molecule has 1 amide bonds. The molecule has 0 aliphatic rings. The molecule has 1 heterocycles. The summed E-state index contributed by atoms with van der Waals surface area (Å²) in [5.41, 5.74) is 0.861. The number of hydrogen-bond acceptors (Lipinski definition) is 6. The molecular formula is C15H9N3O5S. The van der Waals surface area contributed by atoms with Crippen LogP contribution in [0.4, 0.5) is 10.8 Å². The number of nitro groups is 1. The number of anilines is 1. The average Bonchev–Trinajstić information content (AvgIpc) is 2.96. The molecule has 3 rings (SSSR count). The standard InChI is InChI=1S/C15H9N3O5S/c19-13(8-1-3-9(4-2-8)14(20)21)17-15-16-11-6-5-10(18(22)23)7-12(11)24-15/h1-7H,(H,20,21)(H,16,17,19). The van der Waals surface area contributed by atoms with Gasteiger partial charge in [0, 0.05) is 17.7 Å². The fourth-order valence-electron chi connectivity index (χ4n) is 2.01. The Balaban J connectivity index is 1.82. The molecule has 0 radical (unpaired) electrons. The van der Waals surface area contributed by atoms with Crippen molar-refractivity contribution < 1.29 is 19.6 Å². The van der Waals surface area contributed by atoms with Gasteiger partial charge in [0.2, 0.25) is 0 Å². The lowest BCUT2D eigenvalue weighted by Gasteiger charge is -2.01. The second-order valence-corrected chi connectivity index (χ2v) is 5.80. The Labute approximate surface area is 138 Å². The minimum atomic E-state index is -1.07. The molecule has 1 aromatic heterocycles. The van der Waals surface area contributed by atoms with E-state index in [2.05, 4.69) is 10.3 Å². The fourth-order valence-corrected chi connectivity index (χ4v) is 2.91. The van der Waals surface area contributed by atoms with Gasteiger partial charge in [0.05, 0.1) is 20.7 Å². The Morgan fingerprint density at radius 3 is 2.42 bits per heavy atom. The van der Waals surface area contributed by atoms with Gasteiger partial charge in [-0.15, -0.1) is 0 Å². The summed E-state index contributed by atoms with van der Waals surface area (Å²) >= 11 is 1.12. The summed E-state index contributed by atoms with van der Waals surface area (Å²) < 4.78 is 0.584. The van der Waals surface area contributed by atoms with E-state index in [0.29, 0.717) is 15.3 Å². The van der Waals surface area contributed by atoms with Gasteiger partial charge < -0.3 is 5.11 Å². The van der Waals surface area contributed by atoms with E-state index in [4.69, 9.17) is 5.11 Å². The predicted molar refractivity (Wildman–Crippen MR) is 87.6 cm³/mol. The van der Waals surface area contributed by atoms with Crippen LogP contribution in [0.2, 0.25) is 0 Å². The summed E-state index contributed by atoms with van der Waals surface area (Å²) in [6, 6.07) is 9.72. The van der Waals surface area contributed by atoms with Crippen molar-refractivity contribution in [1.82, 2.24) is 4.98 Å². The van der Waals surface area contributed by atoms with Gasteiger partial charge in [-0.2, -0.15) is 0 Å². The summed E-state index contributed by atoms with van der Waals surface area (Å²) in [5.74, 6) is -1.52. The van der Waals surface area contributed by atoms with Crippen molar-refractivity contribution in [3.8, 4) is 0 Å². The van der Waals surface area contributed by atoms with Crippen molar-refractivity contribution in [1.29, 1.82) is 0 Å². The first-order valence-corrected chi connectivity index (χ1v) is 7.45. The maximum absolute atomic E-state index is 12.1. The van der Waals surface area contributed by atoms with Gasteiger partial charge in [0.15, 0.2) is 5.13 Å². The monoisotopic (exact) mass is 343 g/mol. The van der Waals surface area contributed by atoms with E-state index in [1.54, 1.807) is 0 Å². The van der Waals surface area contributed by atoms with Crippen molar-refractivity contribution in [2.45, 2.75) is 0 Å². The van der Waals surface area contributed by atoms with Crippen LogP contribution in [0.3, 0.4) is 0 Å². The van der Waals surface area contributed by atoms with Crippen LogP contribution < -0.4 is 5.32 Å². The Morgan fingerprint density at radius 1 is 1.12 bits per heavy atom. The largest absolute Gasteiger partial charge is 0.478 e. The molecule has 0 atom stereocenters. The highest BCUT2D eigenvalue weighted by atomic mass is 32.1. The van der Waals surface area contributed by atoms with Gasteiger partial charge in [-0.1, -0.05) is 11.3 Å². The van der Waals surface area contributed by atoms with Crippen molar-refractivity contribution >= 4 is 44.2 Å². The number of nitrogens with zero attached hydrogens (tertiary/aromatic N) is 2. The molecule has 24 heavy (non-hydrogen) atoms. The van der Waals surface area contributed by atoms with Gasteiger partial charge in [-0.3, -0.25) is 20.2 Å². The lowest BCUT2D eigenvalue weighted by atomic mass is 10.1. The number of hydrogen-bond donors (Lipinski definition) is 2. The van der Waals surface area contributed by atoms with Gasteiger partial charge in [-0.05, 0) is 30.3 Å². The molecular weight excluding hydrogens is 334 g/mol. The second kappa shape index (κ2) is 6.05. The molecule has 0 saturated carbocycles. The van der Waals surface area contributed by atoms with E-state index in [1.165, 1.54) is 42.5 Å². The van der Waals surface area contributed by atoms with Crippen LogP contribution in [0.1, 0.15) is 20.7 Å². The number of thiazole rings is 1. The Morgan fingerprint density at radius 2 is 1.79 bits per heavy atom. The van der Waals surface area contributed by atoms with E-state index in [-0.39, 0.29) is 16.8 Å². The van der Waals surface area contributed by atoms with E-state index in [0.717, 1.165) is 11.3 Å². The third kappa shape index (κ3) is 3.06. The third-order valence-corrected chi connectivity index (χ3v) is 4.13. The van der Waals surface area contributed by atoms with Crippen LogP contribution in [0, 0.1) is 10.1 Å². The maximum Gasteiger partial charge on any atom is 0.335 e. The molecule has 9 heteroatoms. The number of rotatable bonds is 4. The number of amides is 1. The molecule has 0 saturated heterocycles. The highest BCUT2D eigenvalue weighted by molar-refractivity contribution is 7.22. The number of carboxylic acid groups (broad SMARTS) is 1. The average molecular weight is 343 g/mol. The molecule has 0 fully saturated rings. The number of carbonyl (C=O) groups excluding carboxylic acids is 1. The fraction of sp³-hybridized carbons (Fsp3) is 0. The number of aromatic carboxylic acids is 1. The lowest BCUT2D eigenvalue weighted by Crippen LogP contribution is -2.11. The number of non-ortho nitro benzene ring substituents is 1. The minimum absolute atomic E-state index is 0.0479. The first-order chi connectivity index (χ1) is 11.4. The molecule has 8 nitrogen and oxygen atoms in total. The van der Waals surface area contributed by atoms with E-state index < -0.39 is 16.8 Å². The van der Waals surface area contributed by atoms with Gasteiger partial charge in [0.1, 0.15) is 0 Å². The molecule has 2 N–H and O–H groups in total. The van der Waals surface area contributed by atoms with Crippen molar-refractivity contribution in [3.63, 3.8) is 0 Å². The zero-order valence-corrected chi connectivity index (χ0v) is 12.7. The summed E-state index contributed by atoms with van der Waals surface area (Å²) in [5, 5.41) is 22.5. The number of nitrogens with one attached hydrogen (secondary N) is 1. The highest BCUT2D eigenvalue weighted by Crippen LogP contribution is 2.29. The SMILES string of the molecule is O=C(O)c1ccc(C(=O)Nc2nc3ccc([N+](=O)[O-])cc3s2)cc1. The zero-order chi connectivity index (χ0) is 17.3. The molecule has 0 unspecified atom stereocenters. The third-order valence-electron chi connectivity index (χ3n) is 3.20. The first kappa shape index (κ1) is 15.6. The number of aromatic nitrogens is 1. The van der Waals surface area contributed by atoms with Crippen LogP contribution in [0.5, 0.6) is 0 Å². The van der Waals surface area contributed by atoms with Crippen LogP contribution >= 0.6 is 11.3 Å². The predicted octanol–water partition coefficient (Wildman–Crippen LogP) is 3.16. The van der Waals surface area contributed by atoms with Crippen LogP contribution in [-0.2, 0) is 0 Å². The van der Waals surface area contributed by atoms with Crippen LogP contribution in [0.25, 0.3) is 10.2 Å². The molecule has 0 spiro atoms. The molecule has 0 bridgehead atoms. The normalized spacial score (nSPS) is 10.5. The van der Waals surface area contributed by atoms with E-state index in [9.17, 15) is 19.7 Å². The Bertz CT molecular complexity index is 965. The first-order valence-electron chi connectivity index (χ1n) is 6.64. The summed E-state index contributed by atoms with van der Waals surface area (Å²) in [6.07, 6.45) is 0. The Kier molecular flexibility index (Phi) is 3.92. The van der Waals surface area contributed by atoms with Crippen LogP contribution in [0.15, 0.2) is 42.5 Å². The van der Waals surface area contributed by atoms with E-state index >= 15 is 0 Å². The van der Waals surface area contributed by atoms with Gasteiger partial charge in [-0.25, -0.2) is 9.78 Å². The van der Waals surface area contributed by atoms with E-state index in [1.807, 2.05) is 0 Å². The van der Waals surface area contributed by atoms with Crippen molar-refractivity contribution in [2.24, 2.45) is 0 Å². The van der Waals surface area contributed by atoms with Crippen molar-refractivity contribution in [2.75, 3.05) is 5.32 Å².